The molecule has 3 aromatic rings. The molecule has 3 aromatic carbocycles. The Balaban J connectivity index is 1.15. The molecule has 0 atom stereocenters. The maximum atomic E-state index is 15.3. The van der Waals surface area contributed by atoms with Crippen molar-refractivity contribution in [2.75, 3.05) is 0 Å². The highest BCUT2D eigenvalue weighted by molar-refractivity contribution is 5.34. The van der Waals surface area contributed by atoms with Gasteiger partial charge in [-0.3, -0.25) is 0 Å². The first-order valence-electron chi connectivity index (χ1n) is 14.4. The van der Waals surface area contributed by atoms with Crippen LogP contribution in [0.3, 0.4) is 0 Å². The van der Waals surface area contributed by atoms with Crippen molar-refractivity contribution in [1.29, 1.82) is 0 Å². The predicted molar refractivity (Wildman–Crippen MR) is 145 cm³/mol. The van der Waals surface area contributed by atoms with Gasteiger partial charge in [-0.1, -0.05) is 42.0 Å². The van der Waals surface area contributed by atoms with E-state index in [0.29, 0.717) is 42.4 Å². The molecular weight excluding hydrogens is 561 g/mol. The Hall–Kier alpha value is -3.23. The number of hydrogen-bond donors (Lipinski definition) is 0. The van der Waals surface area contributed by atoms with Gasteiger partial charge in [-0.15, -0.1) is 13.2 Å². The van der Waals surface area contributed by atoms with E-state index in [0.717, 1.165) is 37.3 Å². The highest BCUT2D eigenvalue weighted by atomic mass is 19.4. The highest BCUT2D eigenvalue weighted by Gasteiger charge is 2.44. The van der Waals surface area contributed by atoms with Crippen LogP contribution in [-0.4, -0.2) is 12.5 Å². The molecule has 0 radical (unpaired) electrons. The Kier molecular flexibility index (Phi) is 8.76. The summed E-state index contributed by atoms with van der Waals surface area (Å²) in [6.45, 7) is 2.07. The van der Waals surface area contributed by atoms with Gasteiger partial charge < -0.3 is 9.47 Å². The molecule has 2 fully saturated rings. The minimum Gasteiger partial charge on any atom is -0.432 e. The molecule has 2 nitrogen and oxygen atoms in total. The largest absolute Gasteiger partial charge is 0.573 e. The van der Waals surface area contributed by atoms with Gasteiger partial charge in [-0.2, -0.15) is 8.78 Å². The van der Waals surface area contributed by atoms with Crippen LogP contribution in [0.2, 0.25) is 0 Å². The minimum absolute atomic E-state index is 0.0552. The van der Waals surface area contributed by atoms with E-state index in [1.54, 1.807) is 12.1 Å². The summed E-state index contributed by atoms with van der Waals surface area (Å²) in [5.41, 5.74) is 4.10. The van der Waals surface area contributed by atoms with E-state index in [1.807, 2.05) is 6.07 Å². The zero-order chi connectivity index (χ0) is 30.1. The van der Waals surface area contributed by atoms with Crippen molar-refractivity contribution in [2.24, 2.45) is 5.92 Å². The highest BCUT2D eigenvalue weighted by Crippen LogP contribution is 2.45. The second-order valence-electron chi connectivity index (χ2n) is 11.6. The number of ether oxygens (including phenoxy) is 2. The third-order valence-electron chi connectivity index (χ3n) is 8.80. The standard InChI is InChI=1S/C33H33F7O2/c1-20-2-4-21(5-3-20)22-6-8-23(9-7-22)25-12-16-28(29(34)18-25)24-10-13-26(14-11-24)32(36,37)41-27-15-17-31(30(35)19-27)42-33(38,39)40/h2-5,12,15-19,22-24,26H,6-11,13-14H2,1H3. The molecule has 0 amide bonds. The summed E-state index contributed by atoms with van der Waals surface area (Å²) in [6, 6.07) is 15.9. The summed E-state index contributed by atoms with van der Waals surface area (Å²) in [5, 5.41) is 0. The molecule has 226 valence electrons. The van der Waals surface area contributed by atoms with Crippen molar-refractivity contribution in [2.45, 2.75) is 88.5 Å². The van der Waals surface area contributed by atoms with Crippen LogP contribution in [0, 0.1) is 24.5 Å². The first-order valence-corrected chi connectivity index (χ1v) is 14.4. The molecule has 0 bridgehead atoms. The van der Waals surface area contributed by atoms with E-state index in [2.05, 4.69) is 35.9 Å². The van der Waals surface area contributed by atoms with Crippen molar-refractivity contribution >= 4 is 0 Å². The van der Waals surface area contributed by atoms with Crippen LogP contribution < -0.4 is 9.47 Å². The van der Waals surface area contributed by atoms with E-state index in [1.165, 1.54) is 11.1 Å². The van der Waals surface area contributed by atoms with E-state index < -0.39 is 35.7 Å². The lowest BCUT2D eigenvalue weighted by atomic mass is 9.75. The quantitative estimate of drug-likeness (QED) is 0.254. The van der Waals surface area contributed by atoms with E-state index in [9.17, 15) is 26.3 Å². The second kappa shape index (κ2) is 12.2. The van der Waals surface area contributed by atoms with Crippen LogP contribution in [0.1, 0.15) is 91.4 Å². The fourth-order valence-electron chi connectivity index (χ4n) is 6.46. The van der Waals surface area contributed by atoms with Gasteiger partial charge in [0.15, 0.2) is 11.6 Å². The zero-order valence-corrected chi connectivity index (χ0v) is 23.2. The average Bonchev–Trinajstić information content (AvgIpc) is 2.94. The van der Waals surface area contributed by atoms with Crippen LogP contribution in [0.5, 0.6) is 11.5 Å². The zero-order valence-electron chi connectivity index (χ0n) is 23.2. The Morgan fingerprint density at radius 1 is 0.595 bits per heavy atom. The van der Waals surface area contributed by atoms with Gasteiger partial charge >= 0.3 is 12.5 Å². The molecule has 2 aliphatic carbocycles. The monoisotopic (exact) mass is 594 g/mol. The fourth-order valence-corrected chi connectivity index (χ4v) is 6.46. The molecule has 0 aromatic heterocycles. The summed E-state index contributed by atoms with van der Waals surface area (Å²) < 4.78 is 104. The first kappa shape index (κ1) is 30.2. The SMILES string of the molecule is Cc1ccc(C2CCC(c3ccc(C4CCC(C(F)(F)Oc5ccc(OC(F)(F)F)c(F)c5)CC4)c(F)c3)CC2)cc1. The average molecular weight is 595 g/mol. The lowest BCUT2D eigenvalue weighted by Gasteiger charge is -2.34. The lowest BCUT2D eigenvalue weighted by Crippen LogP contribution is -2.37. The van der Waals surface area contributed by atoms with Crippen LogP contribution in [0.25, 0.3) is 0 Å². The number of halogens is 7. The maximum absolute atomic E-state index is 15.3. The van der Waals surface area contributed by atoms with Crippen molar-refractivity contribution < 1.29 is 40.2 Å². The van der Waals surface area contributed by atoms with E-state index in [4.69, 9.17) is 4.74 Å². The first-order chi connectivity index (χ1) is 19.9. The maximum Gasteiger partial charge on any atom is 0.573 e. The smallest absolute Gasteiger partial charge is 0.432 e. The van der Waals surface area contributed by atoms with E-state index in [-0.39, 0.29) is 24.6 Å². The van der Waals surface area contributed by atoms with Gasteiger partial charge in [0.05, 0.1) is 5.92 Å². The normalized spacial score (nSPS) is 23.4. The Morgan fingerprint density at radius 3 is 1.74 bits per heavy atom. The van der Waals surface area contributed by atoms with Crippen molar-refractivity contribution in [1.82, 2.24) is 0 Å². The van der Waals surface area contributed by atoms with Crippen LogP contribution in [-0.2, 0) is 0 Å². The van der Waals surface area contributed by atoms with Crippen molar-refractivity contribution in [3.8, 4) is 11.5 Å². The lowest BCUT2D eigenvalue weighted by molar-refractivity contribution is -0.275. The number of alkyl halides is 5. The molecule has 0 saturated heterocycles. The van der Waals surface area contributed by atoms with Gasteiger partial charge in [0.1, 0.15) is 11.6 Å². The number of benzene rings is 3. The third kappa shape index (κ3) is 7.21. The molecule has 0 N–H and O–H groups in total. The van der Waals surface area contributed by atoms with Crippen LogP contribution in [0.4, 0.5) is 30.7 Å². The summed E-state index contributed by atoms with van der Waals surface area (Å²) >= 11 is 0. The number of rotatable bonds is 7. The van der Waals surface area contributed by atoms with Crippen molar-refractivity contribution in [3.05, 3.63) is 94.6 Å². The molecule has 0 unspecified atom stereocenters. The van der Waals surface area contributed by atoms with Gasteiger partial charge in [0, 0.05) is 6.07 Å². The molecular formula is C33H33F7O2. The van der Waals surface area contributed by atoms with Gasteiger partial charge in [-0.05, 0) is 111 Å². The third-order valence-corrected chi connectivity index (χ3v) is 8.80. The molecule has 0 aliphatic heterocycles. The molecule has 0 heterocycles. The minimum atomic E-state index is -5.12. The molecule has 2 saturated carbocycles. The Labute approximate surface area is 240 Å². The summed E-state index contributed by atoms with van der Waals surface area (Å²) in [4.78, 5) is 0. The molecule has 9 heteroatoms. The van der Waals surface area contributed by atoms with E-state index >= 15 is 4.39 Å². The molecule has 42 heavy (non-hydrogen) atoms. The van der Waals surface area contributed by atoms with Crippen LogP contribution >= 0.6 is 0 Å². The molecule has 0 spiro atoms. The molecule has 5 rings (SSSR count). The number of aryl methyl sites for hydroxylation is 1. The van der Waals surface area contributed by atoms with Gasteiger partial charge in [0.25, 0.3) is 0 Å². The van der Waals surface area contributed by atoms with Crippen molar-refractivity contribution in [3.63, 3.8) is 0 Å². The summed E-state index contributed by atoms with van der Waals surface area (Å²) in [6.07, 6.45) is -3.96. The number of hydrogen-bond acceptors (Lipinski definition) is 2. The topological polar surface area (TPSA) is 18.5 Å². The fraction of sp³-hybridized carbons (Fsp3) is 0.455. The molecule has 2 aliphatic rings. The Bertz CT molecular complexity index is 1350. The Morgan fingerprint density at radius 2 is 1.17 bits per heavy atom. The van der Waals surface area contributed by atoms with Crippen LogP contribution in [0.15, 0.2) is 60.7 Å². The van der Waals surface area contributed by atoms with Gasteiger partial charge in [0.2, 0.25) is 0 Å². The second-order valence-corrected chi connectivity index (χ2v) is 11.6. The van der Waals surface area contributed by atoms with Gasteiger partial charge in [-0.25, -0.2) is 8.78 Å². The summed E-state index contributed by atoms with van der Waals surface area (Å²) in [5.74, 6) is -4.12. The summed E-state index contributed by atoms with van der Waals surface area (Å²) in [7, 11) is 0. The predicted octanol–water partition coefficient (Wildman–Crippen LogP) is 10.6.